The molecule has 0 saturated heterocycles. The highest BCUT2D eigenvalue weighted by Gasteiger charge is 2.26. The van der Waals surface area contributed by atoms with Gasteiger partial charge in [-0.2, -0.15) is 5.10 Å². The second-order valence-corrected chi connectivity index (χ2v) is 3.28. The van der Waals surface area contributed by atoms with E-state index in [9.17, 15) is 4.79 Å². The summed E-state index contributed by atoms with van der Waals surface area (Å²) < 4.78 is 4.70. The predicted molar refractivity (Wildman–Crippen MR) is 57.9 cm³/mol. The van der Waals surface area contributed by atoms with Crippen LogP contribution in [0.2, 0.25) is 0 Å². The van der Waals surface area contributed by atoms with Crippen LogP contribution < -0.4 is 5.43 Å². The van der Waals surface area contributed by atoms with Crippen LogP contribution in [-0.4, -0.2) is 25.0 Å². The zero-order valence-electron chi connectivity index (χ0n) is 8.75. The first-order chi connectivity index (χ1) is 7.19. The molecule has 0 radical (unpaired) electrons. The molecule has 0 bridgehead atoms. The van der Waals surface area contributed by atoms with E-state index in [-0.39, 0.29) is 12.3 Å². The number of carbonyl (C=O) groups is 1. The Morgan fingerprint density at radius 2 is 2.40 bits per heavy atom. The van der Waals surface area contributed by atoms with Crippen LogP contribution in [0.3, 0.4) is 0 Å². The average Bonchev–Trinajstić information content (AvgIpc) is 3.00. The lowest BCUT2D eigenvalue weighted by atomic mass is 10.2. The van der Waals surface area contributed by atoms with Gasteiger partial charge in [0.2, 0.25) is 0 Å². The van der Waals surface area contributed by atoms with Gasteiger partial charge in [0, 0.05) is 18.3 Å². The summed E-state index contributed by atoms with van der Waals surface area (Å²) in [4.78, 5) is 11.2. The minimum absolute atomic E-state index is 0.157. The van der Waals surface area contributed by atoms with Gasteiger partial charge in [0.1, 0.15) is 5.71 Å². The number of nitrogens with one attached hydrogen (secondary N) is 2. The Kier molecular flexibility index (Phi) is 4.03. The molecule has 0 aromatic carbocycles. The van der Waals surface area contributed by atoms with Crippen molar-refractivity contribution in [1.29, 1.82) is 5.41 Å². The van der Waals surface area contributed by atoms with Gasteiger partial charge in [-0.05, 0) is 25.8 Å². The SMILES string of the molecule is C=NN/C(=C\C(=N)C(=O)OCC)C1CC1. The van der Waals surface area contributed by atoms with Crippen molar-refractivity contribution in [2.75, 3.05) is 6.61 Å². The molecule has 0 aliphatic heterocycles. The Morgan fingerprint density at radius 3 is 2.87 bits per heavy atom. The van der Waals surface area contributed by atoms with Crippen molar-refractivity contribution in [1.82, 2.24) is 5.43 Å². The molecule has 0 amide bonds. The standard InChI is InChI=1S/C10H15N3O2/c1-3-15-10(14)8(11)6-9(13-12-2)7-4-5-7/h6-7,11,13H,2-5H2,1H3/b9-6-,11-8?. The lowest BCUT2D eigenvalue weighted by Crippen LogP contribution is -2.17. The van der Waals surface area contributed by atoms with Gasteiger partial charge in [-0.25, -0.2) is 4.79 Å². The van der Waals surface area contributed by atoms with Crippen LogP contribution in [0.25, 0.3) is 0 Å². The quantitative estimate of drug-likeness (QED) is 0.390. The zero-order valence-corrected chi connectivity index (χ0v) is 8.75. The summed E-state index contributed by atoms with van der Waals surface area (Å²) in [6, 6.07) is 0. The van der Waals surface area contributed by atoms with Crippen molar-refractivity contribution in [3.63, 3.8) is 0 Å². The third-order valence-corrected chi connectivity index (χ3v) is 2.02. The van der Waals surface area contributed by atoms with Crippen LogP contribution in [0.15, 0.2) is 16.9 Å². The van der Waals surface area contributed by atoms with Crippen LogP contribution >= 0.6 is 0 Å². The van der Waals surface area contributed by atoms with E-state index in [2.05, 4.69) is 17.2 Å². The Balaban J connectivity index is 2.60. The van der Waals surface area contributed by atoms with Gasteiger partial charge >= 0.3 is 5.97 Å². The summed E-state index contributed by atoms with van der Waals surface area (Å²) in [6.07, 6.45) is 3.58. The molecule has 2 N–H and O–H groups in total. The molecule has 1 saturated carbocycles. The van der Waals surface area contributed by atoms with Gasteiger partial charge < -0.3 is 4.74 Å². The molecular formula is C10H15N3O2. The van der Waals surface area contributed by atoms with Crippen LogP contribution in [-0.2, 0) is 9.53 Å². The molecular weight excluding hydrogens is 194 g/mol. The van der Waals surface area contributed by atoms with E-state index in [4.69, 9.17) is 10.1 Å². The third kappa shape index (κ3) is 3.53. The van der Waals surface area contributed by atoms with E-state index in [1.807, 2.05) is 0 Å². The number of hydrazone groups is 1. The first-order valence-electron chi connectivity index (χ1n) is 4.88. The van der Waals surface area contributed by atoms with Gasteiger partial charge in [-0.15, -0.1) is 0 Å². The van der Waals surface area contributed by atoms with Gasteiger partial charge in [0.15, 0.2) is 0 Å². The highest BCUT2D eigenvalue weighted by molar-refractivity contribution is 6.39. The van der Waals surface area contributed by atoms with Crippen LogP contribution in [0.4, 0.5) is 0 Å². The predicted octanol–water partition coefficient (Wildman–Crippen LogP) is 1.07. The minimum atomic E-state index is -0.610. The maximum absolute atomic E-state index is 11.2. The fraction of sp³-hybridized carbons (Fsp3) is 0.500. The summed E-state index contributed by atoms with van der Waals surface area (Å²) in [5.74, 6) is -0.230. The topological polar surface area (TPSA) is 74.5 Å². The minimum Gasteiger partial charge on any atom is -0.461 e. The second-order valence-electron chi connectivity index (χ2n) is 3.28. The van der Waals surface area contributed by atoms with Crippen molar-refractivity contribution in [3.05, 3.63) is 11.8 Å². The molecule has 5 nitrogen and oxygen atoms in total. The first kappa shape index (κ1) is 11.4. The lowest BCUT2D eigenvalue weighted by Gasteiger charge is -2.05. The maximum atomic E-state index is 11.2. The molecule has 0 aromatic rings. The van der Waals surface area contributed by atoms with E-state index in [1.54, 1.807) is 6.92 Å². The van der Waals surface area contributed by atoms with E-state index in [0.29, 0.717) is 5.92 Å². The van der Waals surface area contributed by atoms with Crippen LogP contribution in [0.5, 0.6) is 0 Å². The third-order valence-electron chi connectivity index (χ3n) is 2.02. The maximum Gasteiger partial charge on any atom is 0.356 e. The molecule has 15 heavy (non-hydrogen) atoms. The summed E-state index contributed by atoms with van der Waals surface area (Å²) in [5, 5.41) is 11.0. The van der Waals surface area contributed by atoms with Crippen molar-refractivity contribution in [3.8, 4) is 0 Å². The molecule has 82 valence electrons. The van der Waals surface area contributed by atoms with Crippen molar-refractivity contribution < 1.29 is 9.53 Å². The molecule has 0 spiro atoms. The summed E-state index contributed by atoms with van der Waals surface area (Å²) >= 11 is 0. The monoisotopic (exact) mass is 209 g/mol. The molecule has 1 aliphatic carbocycles. The number of allylic oxidation sites excluding steroid dienone is 1. The molecule has 1 aliphatic rings. The van der Waals surface area contributed by atoms with E-state index < -0.39 is 5.97 Å². The van der Waals surface area contributed by atoms with Crippen molar-refractivity contribution >= 4 is 18.4 Å². The molecule has 1 rings (SSSR count). The molecule has 0 atom stereocenters. The summed E-state index contributed by atoms with van der Waals surface area (Å²) in [7, 11) is 0. The van der Waals surface area contributed by atoms with Gasteiger partial charge in [0.05, 0.1) is 6.61 Å². The number of hydrogen-bond donors (Lipinski definition) is 2. The number of ether oxygens (including phenoxy) is 1. The van der Waals surface area contributed by atoms with Gasteiger partial charge in [-0.3, -0.25) is 10.8 Å². The highest BCUT2D eigenvalue weighted by Crippen LogP contribution is 2.34. The van der Waals surface area contributed by atoms with Gasteiger partial charge in [0.25, 0.3) is 0 Å². The zero-order chi connectivity index (χ0) is 11.3. The number of carbonyl (C=O) groups excluding carboxylic acids is 1. The largest absolute Gasteiger partial charge is 0.461 e. The fourth-order valence-corrected chi connectivity index (χ4v) is 1.15. The fourth-order valence-electron chi connectivity index (χ4n) is 1.15. The molecule has 0 aromatic heterocycles. The van der Waals surface area contributed by atoms with Gasteiger partial charge in [-0.1, -0.05) is 0 Å². The lowest BCUT2D eigenvalue weighted by molar-refractivity contribution is -0.135. The van der Waals surface area contributed by atoms with Crippen LogP contribution in [0.1, 0.15) is 19.8 Å². The van der Waals surface area contributed by atoms with Crippen molar-refractivity contribution in [2.45, 2.75) is 19.8 Å². The number of nitrogens with zero attached hydrogens (tertiary/aromatic N) is 1. The molecule has 1 fully saturated rings. The smallest absolute Gasteiger partial charge is 0.356 e. The van der Waals surface area contributed by atoms with E-state index in [0.717, 1.165) is 18.5 Å². The summed E-state index contributed by atoms with van der Waals surface area (Å²) in [6.45, 7) is 5.30. The van der Waals surface area contributed by atoms with E-state index >= 15 is 0 Å². The van der Waals surface area contributed by atoms with E-state index in [1.165, 1.54) is 6.08 Å². The second kappa shape index (κ2) is 5.29. The molecule has 5 heteroatoms. The molecule has 0 heterocycles. The van der Waals surface area contributed by atoms with Crippen LogP contribution in [0, 0.1) is 11.3 Å². The Hall–Kier alpha value is -1.65. The number of hydrogen-bond acceptors (Lipinski definition) is 5. The Bertz CT molecular complexity index is 306. The first-order valence-corrected chi connectivity index (χ1v) is 4.88. The normalized spacial score (nSPS) is 15.7. The molecule has 0 unspecified atom stereocenters. The number of rotatable bonds is 6. The summed E-state index contributed by atoms with van der Waals surface area (Å²) in [5.41, 5.74) is 3.31. The highest BCUT2D eigenvalue weighted by atomic mass is 16.5. The Labute approximate surface area is 88.7 Å². The number of esters is 1. The average molecular weight is 209 g/mol. The Morgan fingerprint density at radius 1 is 1.73 bits per heavy atom. The van der Waals surface area contributed by atoms with Crippen molar-refractivity contribution in [2.24, 2.45) is 11.0 Å².